The van der Waals surface area contributed by atoms with Crippen molar-refractivity contribution in [2.45, 2.75) is 70.1 Å². The molecule has 0 radical (unpaired) electrons. The van der Waals surface area contributed by atoms with Gasteiger partial charge in [0.1, 0.15) is 17.7 Å². The van der Waals surface area contributed by atoms with Crippen molar-refractivity contribution in [3.05, 3.63) is 52.8 Å². The molecule has 178 valence electrons. The molecule has 2 aliphatic heterocycles. The molecule has 7 nitrogen and oxygen atoms in total. The topological polar surface area (TPSA) is 96.6 Å². The molecule has 0 bridgehead atoms. The van der Waals surface area contributed by atoms with Gasteiger partial charge in [-0.2, -0.15) is 0 Å². The molecule has 0 saturated heterocycles. The van der Waals surface area contributed by atoms with Gasteiger partial charge in [0.25, 0.3) is 0 Å². The molecule has 3 aromatic rings. The largest absolute Gasteiger partial charge is 0.493 e. The molecule has 6 rings (SSSR count). The maximum atomic E-state index is 11.8. The minimum atomic E-state index is -0.947. The molecular weight excluding hydrogens is 430 g/mol. The number of rotatable bonds is 4. The standard InChI is InChI=1S/C27H31N3O4/c1-15-8-9-19-21(28-15)10-11-22-23(19)29-26(30(22)18-6-2-5-17(14-18)27(32)33)24(31)20-7-3-4-16-12-13-34-25(16)20/h3-4,7,10-11,15,17-18,24,28,31H,2,5-6,8-9,12-14H2,1H3,(H,32,33). The number of nitrogens with one attached hydrogen (secondary N) is 1. The SMILES string of the molecule is CC1CCc2c(ccc3c2nc(C(O)c2cccc4c2OCC4)n3C2CCCC(C(=O)O)C2)N1. The number of ether oxygens (including phenoxy) is 1. The molecule has 1 aliphatic carbocycles. The third-order valence-electron chi connectivity index (χ3n) is 7.87. The fourth-order valence-electron chi connectivity index (χ4n) is 6.12. The Hall–Kier alpha value is -3.06. The summed E-state index contributed by atoms with van der Waals surface area (Å²) in [5.41, 5.74) is 6.03. The van der Waals surface area contributed by atoms with Crippen LogP contribution in [0.2, 0.25) is 0 Å². The lowest BCUT2D eigenvalue weighted by Crippen LogP contribution is -2.26. The number of hydrogen-bond donors (Lipinski definition) is 3. The van der Waals surface area contributed by atoms with Crippen molar-refractivity contribution >= 4 is 22.7 Å². The first-order chi connectivity index (χ1) is 16.5. The van der Waals surface area contributed by atoms with Gasteiger partial charge in [0.05, 0.1) is 23.6 Å². The Kier molecular flexibility index (Phi) is 5.25. The Morgan fingerprint density at radius 1 is 1.21 bits per heavy atom. The number of para-hydroxylation sites is 1. The molecule has 2 aromatic carbocycles. The smallest absolute Gasteiger partial charge is 0.306 e. The zero-order chi connectivity index (χ0) is 23.4. The van der Waals surface area contributed by atoms with Gasteiger partial charge < -0.3 is 24.8 Å². The molecular formula is C27H31N3O4. The van der Waals surface area contributed by atoms with E-state index in [1.165, 1.54) is 5.56 Å². The molecule has 34 heavy (non-hydrogen) atoms. The summed E-state index contributed by atoms with van der Waals surface area (Å²) in [5.74, 6) is 0.242. The molecule has 4 unspecified atom stereocenters. The number of aromatic nitrogens is 2. The monoisotopic (exact) mass is 461 g/mol. The van der Waals surface area contributed by atoms with E-state index in [1.807, 2.05) is 18.2 Å². The van der Waals surface area contributed by atoms with Gasteiger partial charge in [-0.25, -0.2) is 4.98 Å². The molecule has 1 aromatic heterocycles. The van der Waals surface area contributed by atoms with E-state index >= 15 is 0 Å². The number of carbonyl (C=O) groups is 1. The number of carboxylic acid groups (broad SMARTS) is 1. The van der Waals surface area contributed by atoms with Gasteiger partial charge in [-0.3, -0.25) is 4.79 Å². The van der Waals surface area contributed by atoms with Crippen LogP contribution in [0.4, 0.5) is 5.69 Å². The van der Waals surface area contributed by atoms with Gasteiger partial charge in [0.15, 0.2) is 0 Å². The number of carboxylic acids is 1. The highest BCUT2D eigenvalue weighted by Gasteiger charge is 2.34. The first-order valence-corrected chi connectivity index (χ1v) is 12.5. The van der Waals surface area contributed by atoms with Crippen molar-refractivity contribution in [3.8, 4) is 5.75 Å². The first-order valence-electron chi connectivity index (χ1n) is 12.5. The lowest BCUT2D eigenvalue weighted by atomic mass is 9.85. The number of aliphatic hydroxyl groups excluding tert-OH is 1. The highest BCUT2D eigenvalue weighted by atomic mass is 16.5. The van der Waals surface area contributed by atoms with Gasteiger partial charge >= 0.3 is 5.97 Å². The van der Waals surface area contributed by atoms with Crippen LogP contribution in [0.3, 0.4) is 0 Å². The molecule has 0 amide bonds. The summed E-state index contributed by atoms with van der Waals surface area (Å²) in [5, 5.41) is 25.0. The van der Waals surface area contributed by atoms with Crippen molar-refractivity contribution in [1.82, 2.24) is 9.55 Å². The summed E-state index contributed by atoms with van der Waals surface area (Å²) < 4.78 is 8.04. The number of imidazole rings is 1. The van der Waals surface area contributed by atoms with E-state index in [-0.39, 0.29) is 12.0 Å². The maximum Gasteiger partial charge on any atom is 0.306 e. The van der Waals surface area contributed by atoms with Crippen molar-refractivity contribution in [2.75, 3.05) is 11.9 Å². The summed E-state index contributed by atoms with van der Waals surface area (Å²) in [4.78, 5) is 16.9. The summed E-state index contributed by atoms with van der Waals surface area (Å²) >= 11 is 0. The molecule has 3 aliphatic rings. The Labute approximate surface area is 198 Å². The summed E-state index contributed by atoms with van der Waals surface area (Å²) in [6, 6.07) is 10.5. The number of aliphatic hydroxyl groups is 1. The first kappa shape index (κ1) is 21.5. The van der Waals surface area contributed by atoms with Crippen LogP contribution in [0.5, 0.6) is 5.75 Å². The summed E-state index contributed by atoms with van der Waals surface area (Å²) in [6.45, 7) is 2.81. The van der Waals surface area contributed by atoms with Gasteiger partial charge in [-0.05, 0) is 56.7 Å². The number of anilines is 1. The fraction of sp³-hybridized carbons (Fsp3) is 0.481. The molecule has 3 heterocycles. The third-order valence-corrected chi connectivity index (χ3v) is 7.87. The number of aryl methyl sites for hydroxylation is 1. The van der Waals surface area contributed by atoms with Gasteiger partial charge in [0, 0.05) is 35.3 Å². The Morgan fingerprint density at radius 3 is 2.94 bits per heavy atom. The van der Waals surface area contributed by atoms with Crippen LogP contribution in [0, 0.1) is 5.92 Å². The van der Waals surface area contributed by atoms with Crippen LogP contribution in [-0.4, -0.2) is 38.4 Å². The minimum absolute atomic E-state index is 0.0179. The maximum absolute atomic E-state index is 11.8. The normalized spacial score (nSPS) is 24.7. The second kappa shape index (κ2) is 8.31. The zero-order valence-electron chi connectivity index (χ0n) is 19.5. The zero-order valence-corrected chi connectivity index (χ0v) is 19.5. The van der Waals surface area contributed by atoms with Crippen molar-refractivity contribution in [1.29, 1.82) is 0 Å². The van der Waals surface area contributed by atoms with E-state index in [0.29, 0.717) is 31.3 Å². The second-order valence-electron chi connectivity index (χ2n) is 10.1. The van der Waals surface area contributed by atoms with Crippen LogP contribution in [-0.2, 0) is 17.6 Å². The highest BCUT2D eigenvalue weighted by Crippen LogP contribution is 2.42. The average Bonchev–Trinajstić information content (AvgIpc) is 3.48. The van der Waals surface area contributed by atoms with Crippen molar-refractivity contribution in [2.24, 2.45) is 5.92 Å². The van der Waals surface area contributed by atoms with E-state index in [1.54, 1.807) is 0 Å². The van der Waals surface area contributed by atoms with Crippen LogP contribution >= 0.6 is 0 Å². The predicted octanol–water partition coefficient (Wildman–Crippen LogP) is 4.62. The van der Waals surface area contributed by atoms with Crippen molar-refractivity contribution in [3.63, 3.8) is 0 Å². The molecule has 1 fully saturated rings. The second-order valence-corrected chi connectivity index (χ2v) is 10.1. The number of aliphatic carboxylic acids is 1. The van der Waals surface area contributed by atoms with Gasteiger partial charge in [-0.1, -0.05) is 24.6 Å². The number of hydrogen-bond acceptors (Lipinski definition) is 5. The Morgan fingerprint density at radius 2 is 2.09 bits per heavy atom. The predicted molar refractivity (Wildman–Crippen MR) is 129 cm³/mol. The van der Waals surface area contributed by atoms with Crippen LogP contribution < -0.4 is 10.1 Å². The Balaban J connectivity index is 1.52. The van der Waals surface area contributed by atoms with Gasteiger partial charge in [-0.15, -0.1) is 0 Å². The van der Waals surface area contributed by atoms with Gasteiger partial charge in [0.2, 0.25) is 0 Å². The number of fused-ring (bicyclic) bond motifs is 4. The Bertz CT molecular complexity index is 1270. The highest BCUT2D eigenvalue weighted by molar-refractivity contribution is 5.86. The molecule has 7 heteroatoms. The molecule has 3 N–H and O–H groups in total. The minimum Gasteiger partial charge on any atom is -0.493 e. The van der Waals surface area contributed by atoms with E-state index in [9.17, 15) is 15.0 Å². The fourth-order valence-corrected chi connectivity index (χ4v) is 6.12. The third kappa shape index (κ3) is 3.45. The van der Waals surface area contributed by atoms with E-state index in [0.717, 1.165) is 65.7 Å². The van der Waals surface area contributed by atoms with E-state index in [4.69, 9.17) is 9.72 Å². The number of benzene rings is 2. The van der Waals surface area contributed by atoms with E-state index in [2.05, 4.69) is 28.9 Å². The molecule has 1 saturated carbocycles. The quantitative estimate of drug-likeness (QED) is 0.525. The lowest BCUT2D eigenvalue weighted by molar-refractivity contribution is -0.143. The molecule has 0 spiro atoms. The molecule has 4 atom stereocenters. The lowest BCUT2D eigenvalue weighted by Gasteiger charge is -2.30. The average molecular weight is 462 g/mol. The van der Waals surface area contributed by atoms with Crippen LogP contribution in [0.15, 0.2) is 30.3 Å². The number of nitrogens with zero attached hydrogens (tertiary/aromatic N) is 2. The van der Waals surface area contributed by atoms with Crippen LogP contribution in [0.1, 0.15) is 73.7 Å². The summed E-state index contributed by atoms with van der Waals surface area (Å²) in [7, 11) is 0. The van der Waals surface area contributed by atoms with Crippen LogP contribution in [0.25, 0.3) is 11.0 Å². The summed E-state index contributed by atoms with van der Waals surface area (Å²) in [6.07, 6.45) is 4.84. The van der Waals surface area contributed by atoms with E-state index < -0.39 is 12.1 Å². The van der Waals surface area contributed by atoms with Crippen molar-refractivity contribution < 1.29 is 19.7 Å².